The molecule has 0 aromatic rings. The summed E-state index contributed by atoms with van der Waals surface area (Å²) in [6, 6.07) is 0. The van der Waals surface area contributed by atoms with Gasteiger partial charge < -0.3 is 14.8 Å². The molecule has 1 amide bonds. The number of hydrogen-bond donors (Lipinski definition) is 1. The van der Waals surface area contributed by atoms with Crippen molar-refractivity contribution in [2.24, 2.45) is 0 Å². The van der Waals surface area contributed by atoms with Gasteiger partial charge in [-0.1, -0.05) is 0 Å². The van der Waals surface area contributed by atoms with Gasteiger partial charge in [-0.25, -0.2) is 4.79 Å². The molecule has 8 heteroatoms. The molecule has 118 valence electrons. The van der Waals surface area contributed by atoms with Crippen LogP contribution < -0.4 is 5.32 Å². The van der Waals surface area contributed by atoms with E-state index in [4.69, 9.17) is 4.74 Å². The van der Waals surface area contributed by atoms with Crippen LogP contribution in [0.5, 0.6) is 0 Å². The van der Waals surface area contributed by atoms with Crippen molar-refractivity contribution in [3.8, 4) is 0 Å². The van der Waals surface area contributed by atoms with Gasteiger partial charge in [0.25, 0.3) is 0 Å². The number of carbonyl (C=O) groups is 2. The van der Waals surface area contributed by atoms with Crippen molar-refractivity contribution in [1.82, 2.24) is 5.32 Å². The number of ether oxygens (including phenoxy) is 2. The van der Waals surface area contributed by atoms with Crippen LogP contribution in [0.1, 0.15) is 33.6 Å². The normalized spacial score (nSPS) is 14.5. The molecule has 1 atom stereocenters. The van der Waals surface area contributed by atoms with E-state index in [-0.39, 0.29) is 26.1 Å². The number of carbonyl (C=O) groups excluding carboxylic acids is 2. The van der Waals surface area contributed by atoms with Crippen molar-refractivity contribution < 1.29 is 32.2 Å². The maximum Gasteiger partial charge on any atom is 0.422 e. The van der Waals surface area contributed by atoms with Crippen LogP contribution in [-0.2, 0) is 19.1 Å². The molecule has 0 heterocycles. The zero-order valence-electron chi connectivity index (χ0n) is 11.8. The van der Waals surface area contributed by atoms with Gasteiger partial charge in [-0.15, -0.1) is 0 Å². The lowest BCUT2D eigenvalue weighted by atomic mass is 10.0. The lowest BCUT2D eigenvalue weighted by Gasteiger charge is -2.30. The SMILES string of the molecule is CCOCCCC(=O)NC(C)(C(=O)OCC)C(F)(F)F. The second kappa shape index (κ2) is 8.08. The van der Waals surface area contributed by atoms with E-state index in [0.29, 0.717) is 13.5 Å². The van der Waals surface area contributed by atoms with Crippen LogP contribution in [0.4, 0.5) is 13.2 Å². The van der Waals surface area contributed by atoms with Gasteiger partial charge >= 0.3 is 12.1 Å². The van der Waals surface area contributed by atoms with Gasteiger partial charge in [0.2, 0.25) is 11.4 Å². The van der Waals surface area contributed by atoms with Gasteiger partial charge in [0.1, 0.15) is 0 Å². The van der Waals surface area contributed by atoms with Gasteiger partial charge in [-0.2, -0.15) is 13.2 Å². The fraction of sp³-hybridized carbons (Fsp3) is 0.833. The minimum atomic E-state index is -4.94. The Morgan fingerprint density at radius 3 is 2.20 bits per heavy atom. The second-order valence-corrected chi connectivity index (χ2v) is 4.19. The summed E-state index contributed by atoms with van der Waals surface area (Å²) in [4.78, 5) is 22.9. The Morgan fingerprint density at radius 1 is 1.15 bits per heavy atom. The maximum absolute atomic E-state index is 12.9. The van der Waals surface area contributed by atoms with E-state index in [1.54, 1.807) is 12.2 Å². The van der Waals surface area contributed by atoms with Crippen LogP contribution in [-0.4, -0.2) is 43.4 Å². The van der Waals surface area contributed by atoms with Gasteiger partial charge in [-0.05, 0) is 27.2 Å². The zero-order valence-corrected chi connectivity index (χ0v) is 11.8. The fourth-order valence-corrected chi connectivity index (χ4v) is 1.33. The highest BCUT2D eigenvalue weighted by atomic mass is 19.4. The monoisotopic (exact) mass is 299 g/mol. The Morgan fingerprint density at radius 2 is 1.75 bits per heavy atom. The molecule has 0 saturated heterocycles. The second-order valence-electron chi connectivity index (χ2n) is 4.19. The summed E-state index contributed by atoms with van der Waals surface area (Å²) < 4.78 is 48.2. The van der Waals surface area contributed by atoms with Crippen molar-refractivity contribution >= 4 is 11.9 Å². The molecule has 0 aromatic heterocycles. The molecule has 0 aliphatic rings. The highest BCUT2D eigenvalue weighted by Crippen LogP contribution is 2.31. The van der Waals surface area contributed by atoms with Crippen molar-refractivity contribution in [2.45, 2.75) is 45.3 Å². The number of esters is 1. The van der Waals surface area contributed by atoms with Gasteiger partial charge in [0.05, 0.1) is 6.61 Å². The fourth-order valence-electron chi connectivity index (χ4n) is 1.33. The molecule has 1 unspecified atom stereocenters. The summed E-state index contributed by atoms with van der Waals surface area (Å²) in [5, 5.41) is 1.70. The minimum absolute atomic E-state index is 0.162. The van der Waals surface area contributed by atoms with Crippen molar-refractivity contribution in [2.75, 3.05) is 19.8 Å². The van der Waals surface area contributed by atoms with Gasteiger partial charge in [-0.3, -0.25) is 4.79 Å². The number of alkyl halides is 3. The topological polar surface area (TPSA) is 64.6 Å². The summed E-state index contributed by atoms with van der Waals surface area (Å²) >= 11 is 0. The number of nitrogens with one attached hydrogen (secondary N) is 1. The molecule has 0 fully saturated rings. The van der Waals surface area contributed by atoms with E-state index in [1.165, 1.54) is 6.92 Å². The molecule has 0 aromatic carbocycles. The summed E-state index contributed by atoms with van der Waals surface area (Å²) in [6.07, 6.45) is -4.82. The first-order chi connectivity index (χ1) is 9.19. The quantitative estimate of drug-likeness (QED) is 0.548. The van der Waals surface area contributed by atoms with E-state index < -0.39 is 23.6 Å². The summed E-state index contributed by atoms with van der Waals surface area (Å²) in [7, 11) is 0. The van der Waals surface area contributed by atoms with Gasteiger partial charge in [0, 0.05) is 19.6 Å². The highest BCUT2D eigenvalue weighted by Gasteiger charge is 2.59. The molecule has 0 rings (SSSR count). The average molecular weight is 299 g/mol. The minimum Gasteiger partial charge on any atom is -0.464 e. The smallest absolute Gasteiger partial charge is 0.422 e. The molecule has 0 aliphatic carbocycles. The van der Waals surface area contributed by atoms with Crippen molar-refractivity contribution in [3.63, 3.8) is 0 Å². The molecule has 0 saturated carbocycles. The molecule has 0 bridgehead atoms. The van der Waals surface area contributed by atoms with Crippen LogP contribution in [0.2, 0.25) is 0 Å². The predicted octanol–water partition coefficient (Wildman–Crippen LogP) is 1.80. The third-order valence-corrected chi connectivity index (χ3v) is 2.54. The molecular weight excluding hydrogens is 279 g/mol. The lowest BCUT2D eigenvalue weighted by Crippen LogP contribution is -2.62. The van der Waals surface area contributed by atoms with Crippen LogP contribution in [0, 0.1) is 0 Å². The van der Waals surface area contributed by atoms with Gasteiger partial charge in [0.15, 0.2) is 0 Å². The van der Waals surface area contributed by atoms with Crippen LogP contribution in [0.3, 0.4) is 0 Å². The van der Waals surface area contributed by atoms with Crippen molar-refractivity contribution in [3.05, 3.63) is 0 Å². The third kappa shape index (κ3) is 5.36. The van der Waals surface area contributed by atoms with E-state index in [9.17, 15) is 22.8 Å². The third-order valence-electron chi connectivity index (χ3n) is 2.54. The average Bonchev–Trinajstić information content (AvgIpc) is 2.33. The molecular formula is C12H20F3NO4. The predicted molar refractivity (Wildman–Crippen MR) is 65.0 cm³/mol. The molecule has 0 spiro atoms. The van der Waals surface area contributed by atoms with Crippen LogP contribution >= 0.6 is 0 Å². The first kappa shape index (κ1) is 18.7. The first-order valence-electron chi connectivity index (χ1n) is 6.31. The van der Waals surface area contributed by atoms with Crippen LogP contribution in [0.25, 0.3) is 0 Å². The molecule has 5 nitrogen and oxygen atoms in total. The Bertz CT molecular complexity index is 333. The Balaban J connectivity index is 4.67. The summed E-state index contributed by atoms with van der Waals surface area (Å²) in [6.45, 7) is 4.27. The summed E-state index contributed by atoms with van der Waals surface area (Å²) in [5.74, 6) is -2.40. The summed E-state index contributed by atoms with van der Waals surface area (Å²) in [5.41, 5.74) is -3.04. The molecule has 20 heavy (non-hydrogen) atoms. The molecule has 1 N–H and O–H groups in total. The number of rotatable bonds is 8. The number of halogens is 3. The Kier molecular flexibility index (Phi) is 7.55. The molecule has 0 aliphatic heterocycles. The van der Waals surface area contributed by atoms with Crippen molar-refractivity contribution in [1.29, 1.82) is 0 Å². The Labute approximate surface area is 115 Å². The zero-order chi connectivity index (χ0) is 15.8. The van der Waals surface area contributed by atoms with E-state index in [1.807, 2.05) is 0 Å². The number of amides is 1. The standard InChI is InChI=1S/C12H20F3NO4/c1-4-19-8-6-7-9(17)16-11(3,12(13,14)15)10(18)20-5-2/h4-8H2,1-3H3,(H,16,17). The highest BCUT2D eigenvalue weighted by molar-refractivity contribution is 5.88. The number of hydrogen-bond acceptors (Lipinski definition) is 4. The largest absolute Gasteiger partial charge is 0.464 e. The first-order valence-corrected chi connectivity index (χ1v) is 6.31. The van der Waals surface area contributed by atoms with Crippen LogP contribution in [0.15, 0.2) is 0 Å². The lowest BCUT2D eigenvalue weighted by molar-refractivity contribution is -0.210. The maximum atomic E-state index is 12.9. The Hall–Kier alpha value is -1.31. The van der Waals surface area contributed by atoms with E-state index >= 15 is 0 Å². The van der Waals surface area contributed by atoms with E-state index in [2.05, 4.69) is 4.74 Å². The molecule has 0 radical (unpaired) electrons. The van der Waals surface area contributed by atoms with E-state index in [0.717, 1.165) is 0 Å².